The number of benzene rings is 1. The van der Waals surface area contributed by atoms with E-state index in [0.717, 1.165) is 13.1 Å². The zero-order valence-electron chi connectivity index (χ0n) is 11.7. The Morgan fingerprint density at radius 3 is 2.67 bits per heavy atom. The molecule has 1 aliphatic rings. The van der Waals surface area contributed by atoms with Crippen LogP contribution in [0.15, 0.2) is 24.3 Å². The summed E-state index contributed by atoms with van der Waals surface area (Å²) in [4.78, 5) is 13.7. The molecule has 116 valence electrons. The highest BCUT2D eigenvalue weighted by molar-refractivity contribution is 5.89. The van der Waals surface area contributed by atoms with Crippen molar-refractivity contribution in [3.63, 3.8) is 0 Å². The molecule has 1 aliphatic heterocycles. The van der Waals surface area contributed by atoms with Gasteiger partial charge in [-0.15, -0.1) is 0 Å². The molecule has 0 aromatic heterocycles. The second-order valence-corrected chi connectivity index (χ2v) is 4.91. The Morgan fingerprint density at radius 2 is 2.00 bits per heavy atom. The molecular formula is C14H20FN3O3. The molecular weight excluding hydrogens is 277 g/mol. The van der Waals surface area contributed by atoms with Gasteiger partial charge in [-0.2, -0.15) is 0 Å². The van der Waals surface area contributed by atoms with Crippen LogP contribution in [0.2, 0.25) is 0 Å². The zero-order valence-corrected chi connectivity index (χ0v) is 11.7. The fourth-order valence-corrected chi connectivity index (χ4v) is 2.07. The summed E-state index contributed by atoms with van der Waals surface area (Å²) in [7, 11) is 0. The first-order chi connectivity index (χ1) is 10.1. The van der Waals surface area contributed by atoms with Crippen LogP contribution in [0.1, 0.15) is 0 Å². The normalized spacial score (nSPS) is 17.2. The Bertz CT molecular complexity index is 449. The number of nitrogens with one attached hydrogen (secondary N) is 2. The molecule has 3 N–H and O–H groups in total. The van der Waals surface area contributed by atoms with Crippen LogP contribution in [0.4, 0.5) is 14.9 Å². The van der Waals surface area contributed by atoms with Gasteiger partial charge in [0.1, 0.15) is 5.82 Å². The first-order valence-corrected chi connectivity index (χ1v) is 6.92. The van der Waals surface area contributed by atoms with E-state index in [1.807, 2.05) is 0 Å². The number of morpholine rings is 1. The summed E-state index contributed by atoms with van der Waals surface area (Å²) in [5.41, 5.74) is 0.497. The molecule has 0 spiro atoms. The van der Waals surface area contributed by atoms with E-state index in [1.165, 1.54) is 24.3 Å². The number of aliphatic hydroxyl groups excluding tert-OH is 1. The van der Waals surface area contributed by atoms with Crippen molar-refractivity contribution < 1.29 is 19.0 Å². The highest BCUT2D eigenvalue weighted by atomic mass is 19.1. The molecule has 0 radical (unpaired) electrons. The lowest BCUT2D eigenvalue weighted by Crippen LogP contribution is -2.45. The molecule has 2 amide bonds. The van der Waals surface area contributed by atoms with Gasteiger partial charge >= 0.3 is 6.03 Å². The first kappa shape index (κ1) is 15.7. The zero-order chi connectivity index (χ0) is 15.1. The van der Waals surface area contributed by atoms with Gasteiger partial charge in [0.05, 0.1) is 19.3 Å². The summed E-state index contributed by atoms with van der Waals surface area (Å²) in [6.45, 7) is 3.58. The largest absolute Gasteiger partial charge is 0.390 e. The number of ether oxygens (including phenoxy) is 1. The van der Waals surface area contributed by atoms with E-state index < -0.39 is 12.1 Å². The minimum absolute atomic E-state index is 0.157. The lowest BCUT2D eigenvalue weighted by Gasteiger charge is -2.28. The Hall–Kier alpha value is -1.70. The molecule has 1 saturated heterocycles. The minimum atomic E-state index is -0.637. The predicted molar refractivity (Wildman–Crippen MR) is 76.7 cm³/mol. The van der Waals surface area contributed by atoms with Crippen molar-refractivity contribution in [2.45, 2.75) is 6.10 Å². The lowest BCUT2D eigenvalue weighted by atomic mass is 10.3. The van der Waals surface area contributed by atoms with Crippen molar-refractivity contribution in [2.75, 3.05) is 44.7 Å². The second-order valence-electron chi connectivity index (χ2n) is 4.91. The van der Waals surface area contributed by atoms with Crippen LogP contribution in [0.5, 0.6) is 0 Å². The molecule has 0 bridgehead atoms. The van der Waals surface area contributed by atoms with Gasteiger partial charge in [-0.1, -0.05) is 0 Å². The second kappa shape index (κ2) is 7.92. The number of hydrogen-bond acceptors (Lipinski definition) is 4. The fourth-order valence-electron chi connectivity index (χ4n) is 2.07. The maximum atomic E-state index is 12.7. The number of β-amino-alcohol motifs (C(OH)–C–C–N with tert-alkyl or cyclic N) is 1. The Labute approximate surface area is 122 Å². The predicted octanol–water partition coefficient (Wildman–Crippen LogP) is 0.640. The van der Waals surface area contributed by atoms with Crippen molar-refractivity contribution in [1.82, 2.24) is 10.2 Å². The van der Waals surface area contributed by atoms with Gasteiger partial charge < -0.3 is 20.5 Å². The van der Waals surface area contributed by atoms with Crippen LogP contribution >= 0.6 is 0 Å². The van der Waals surface area contributed by atoms with E-state index in [2.05, 4.69) is 15.5 Å². The number of rotatable bonds is 5. The fraction of sp³-hybridized carbons (Fsp3) is 0.500. The minimum Gasteiger partial charge on any atom is -0.390 e. The molecule has 7 heteroatoms. The van der Waals surface area contributed by atoms with E-state index in [4.69, 9.17) is 4.74 Å². The summed E-state index contributed by atoms with van der Waals surface area (Å²) in [6.07, 6.45) is -0.637. The molecule has 6 nitrogen and oxygen atoms in total. The van der Waals surface area contributed by atoms with Crippen LogP contribution < -0.4 is 10.6 Å². The molecule has 0 saturated carbocycles. The third kappa shape index (κ3) is 5.66. The van der Waals surface area contributed by atoms with Crippen LogP contribution in [-0.2, 0) is 4.74 Å². The number of aliphatic hydroxyl groups is 1. The summed E-state index contributed by atoms with van der Waals surface area (Å²) < 4.78 is 18.0. The summed E-state index contributed by atoms with van der Waals surface area (Å²) in [5, 5.41) is 15.0. The number of nitrogens with zero attached hydrogens (tertiary/aromatic N) is 1. The number of carbonyl (C=O) groups is 1. The van der Waals surface area contributed by atoms with Crippen molar-refractivity contribution in [1.29, 1.82) is 0 Å². The maximum Gasteiger partial charge on any atom is 0.319 e. The van der Waals surface area contributed by atoms with Crippen LogP contribution in [0.25, 0.3) is 0 Å². The topological polar surface area (TPSA) is 73.8 Å². The maximum absolute atomic E-state index is 12.7. The number of anilines is 1. The smallest absolute Gasteiger partial charge is 0.319 e. The highest BCUT2D eigenvalue weighted by Crippen LogP contribution is 2.07. The molecule has 0 aliphatic carbocycles. The van der Waals surface area contributed by atoms with E-state index in [9.17, 15) is 14.3 Å². The molecule has 2 rings (SSSR count). The quantitative estimate of drug-likeness (QED) is 0.746. The van der Waals surface area contributed by atoms with E-state index in [0.29, 0.717) is 25.4 Å². The van der Waals surface area contributed by atoms with E-state index >= 15 is 0 Å². The van der Waals surface area contributed by atoms with Gasteiger partial charge in [0.25, 0.3) is 0 Å². The molecule has 1 fully saturated rings. The van der Waals surface area contributed by atoms with Crippen molar-refractivity contribution in [3.8, 4) is 0 Å². The number of hydrogen-bond donors (Lipinski definition) is 3. The van der Waals surface area contributed by atoms with Gasteiger partial charge in [0, 0.05) is 31.9 Å². The van der Waals surface area contributed by atoms with Gasteiger partial charge in [-0.05, 0) is 24.3 Å². The van der Waals surface area contributed by atoms with Crippen molar-refractivity contribution in [2.24, 2.45) is 0 Å². The third-order valence-corrected chi connectivity index (χ3v) is 3.17. The Balaban J connectivity index is 1.66. The first-order valence-electron chi connectivity index (χ1n) is 6.92. The van der Waals surface area contributed by atoms with E-state index in [-0.39, 0.29) is 12.4 Å². The molecule has 1 aromatic carbocycles. The van der Waals surface area contributed by atoms with Crippen molar-refractivity contribution in [3.05, 3.63) is 30.1 Å². The SMILES string of the molecule is O=C(NC[C@@H](O)CN1CCOCC1)Nc1ccc(F)cc1. The molecule has 1 atom stereocenters. The Kier molecular flexibility index (Phi) is 5.91. The number of carbonyl (C=O) groups excluding carboxylic acids is 1. The Morgan fingerprint density at radius 1 is 1.33 bits per heavy atom. The number of urea groups is 1. The van der Waals surface area contributed by atoms with Gasteiger partial charge in [0.15, 0.2) is 0 Å². The third-order valence-electron chi connectivity index (χ3n) is 3.17. The van der Waals surface area contributed by atoms with E-state index in [1.54, 1.807) is 0 Å². The summed E-state index contributed by atoms with van der Waals surface area (Å²) in [5.74, 6) is -0.359. The lowest BCUT2D eigenvalue weighted by molar-refractivity contribution is 0.0154. The monoisotopic (exact) mass is 297 g/mol. The van der Waals surface area contributed by atoms with Crippen LogP contribution in [0.3, 0.4) is 0 Å². The standard InChI is InChI=1S/C14H20FN3O3/c15-11-1-3-12(4-2-11)17-14(20)16-9-13(19)10-18-5-7-21-8-6-18/h1-4,13,19H,5-10H2,(H2,16,17,20)/t13-/m1/s1. The molecule has 0 unspecified atom stereocenters. The molecule has 1 heterocycles. The molecule has 21 heavy (non-hydrogen) atoms. The van der Waals surface area contributed by atoms with Gasteiger partial charge in [0.2, 0.25) is 0 Å². The highest BCUT2D eigenvalue weighted by Gasteiger charge is 2.15. The van der Waals surface area contributed by atoms with Crippen LogP contribution in [-0.4, -0.2) is 61.5 Å². The molecule has 1 aromatic rings. The van der Waals surface area contributed by atoms with Crippen LogP contribution in [0, 0.1) is 5.82 Å². The van der Waals surface area contributed by atoms with Gasteiger partial charge in [-0.3, -0.25) is 4.90 Å². The van der Waals surface area contributed by atoms with Crippen molar-refractivity contribution >= 4 is 11.7 Å². The van der Waals surface area contributed by atoms with Gasteiger partial charge in [-0.25, -0.2) is 9.18 Å². The summed E-state index contributed by atoms with van der Waals surface area (Å²) in [6, 6.07) is 5.05. The number of halogens is 1. The average Bonchev–Trinajstić information content (AvgIpc) is 2.49. The summed E-state index contributed by atoms with van der Waals surface area (Å²) >= 11 is 0. The average molecular weight is 297 g/mol. The number of amides is 2.